The number of carbonyl (C=O) groups is 2. The third-order valence-corrected chi connectivity index (χ3v) is 4.72. The molecule has 0 aromatic carbocycles. The highest BCUT2D eigenvalue weighted by molar-refractivity contribution is 7.87. The zero-order valence-corrected chi connectivity index (χ0v) is 12.2. The maximum atomic E-state index is 12.9. The second-order valence-corrected chi connectivity index (χ2v) is 6.83. The highest BCUT2D eigenvalue weighted by atomic mass is 32.2. The van der Waals surface area contributed by atoms with E-state index in [1.165, 1.54) is 0 Å². The lowest BCUT2D eigenvalue weighted by Crippen LogP contribution is -2.48. The highest BCUT2D eigenvalue weighted by Gasteiger charge is 2.46. The Labute approximate surface area is 125 Å². The van der Waals surface area contributed by atoms with Gasteiger partial charge in [-0.1, -0.05) is 12.2 Å². The van der Waals surface area contributed by atoms with Crippen molar-refractivity contribution in [2.45, 2.75) is 18.1 Å². The van der Waals surface area contributed by atoms with Crippen LogP contribution in [0.2, 0.25) is 0 Å². The molecule has 0 spiro atoms. The van der Waals surface area contributed by atoms with E-state index in [-0.39, 0.29) is 24.3 Å². The number of nitrogens with one attached hydrogen (secondary N) is 2. The van der Waals surface area contributed by atoms with Crippen molar-refractivity contribution < 1.29 is 31.3 Å². The van der Waals surface area contributed by atoms with Crippen molar-refractivity contribution in [2.24, 2.45) is 17.8 Å². The third kappa shape index (κ3) is 3.27. The largest absolute Gasteiger partial charge is 0.743 e. The van der Waals surface area contributed by atoms with E-state index in [0.717, 1.165) is 12.8 Å². The number of hydrogen-bond acceptors (Lipinski definition) is 5. The van der Waals surface area contributed by atoms with Crippen LogP contribution < -0.4 is 10.6 Å². The van der Waals surface area contributed by atoms with Crippen LogP contribution in [0.1, 0.15) is 12.8 Å². The van der Waals surface area contributed by atoms with E-state index in [1.807, 2.05) is 6.08 Å². The van der Waals surface area contributed by atoms with Crippen LogP contribution >= 0.6 is 0 Å². The molecule has 2 amide bonds. The first-order valence-corrected chi connectivity index (χ1v) is 8.11. The van der Waals surface area contributed by atoms with Crippen molar-refractivity contribution in [3.8, 4) is 0 Å². The third-order valence-electron chi connectivity index (χ3n) is 3.90. The molecular formula is C12H15F2N2O5S-. The number of halogens is 2. The van der Waals surface area contributed by atoms with Crippen LogP contribution in [-0.4, -0.2) is 43.1 Å². The molecule has 2 rings (SSSR count). The number of fused-ring (bicyclic) bond motifs is 2. The molecule has 3 unspecified atom stereocenters. The van der Waals surface area contributed by atoms with Gasteiger partial charge in [0.2, 0.25) is 5.91 Å². The van der Waals surface area contributed by atoms with E-state index in [4.69, 9.17) is 0 Å². The van der Waals surface area contributed by atoms with E-state index < -0.39 is 27.8 Å². The van der Waals surface area contributed by atoms with E-state index in [1.54, 1.807) is 5.32 Å². The van der Waals surface area contributed by atoms with Gasteiger partial charge >= 0.3 is 11.2 Å². The Hall–Kier alpha value is -1.55. The predicted molar refractivity (Wildman–Crippen MR) is 69.5 cm³/mol. The lowest BCUT2D eigenvalue weighted by atomic mass is 9.93. The second-order valence-electron chi connectivity index (χ2n) is 5.40. The molecule has 0 saturated heterocycles. The Bertz CT molecular complexity index is 605. The number of carbonyl (C=O) groups excluding carboxylic acids is 2. The molecule has 1 saturated carbocycles. The average Bonchev–Trinajstić information content (AvgIpc) is 3.04. The monoisotopic (exact) mass is 337 g/mol. The predicted octanol–water partition coefficient (Wildman–Crippen LogP) is -0.431. The van der Waals surface area contributed by atoms with Gasteiger partial charge in [0.1, 0.15) is 0 Å². The molecule has 0 aromatic heterocycles. The Morgan fingerprint density at radius 2 is 1.82 bits per heavy atom. The van der Waals surface area contributed by atoms with Crippen molar-refractivity contribution in [3.63, 3.8) is 0 Å². The summed E-state index contributed by atoms with van der Waals surface area (Å²) in [5.74, 6) is -1.99. The van der Waals surface area contributed by atoms with Crippen molar-refractivity contribution in [1.82, 2.24) is 10.6 Å². The van der Waals surface area contributed by atoms with E-state index in [2.05, 4.69) is 11.4 Å². The molecule has 10 heteroatoms. The van der Waals surface area contributed by atoms with Crippen molar-refractivity contribution in [1.29, 1.82) is 0 Å². The SMILES string of the molecule is O=C(NCCNC(=O)C(F)(F)S(=O)(=O)[O-])C1CC2C=CC1C2. The Morgan fingerprint density at radius 1 is 1.18 bits per heavy atom. The fourth-order valence-electron chi connectivity index (χ4n) is 2.79. The van der Waals surface area contributed by atoms with Crippen LogP contribution in [0.15, 0.2) is 12.2 Å². The van der Waals surface area contributed by atoms with Crippen LogP contribution in [0.5, 0.6) is 0 Å². The molecule has 7 nitrogen and oxygen atoms in total. The summed E-state index contributed by atoms with van der Waals surface area (Å²) >= 11 is 0. The molecule has 22 heavy (non-hydrogen) atoms. The fourth-order valence-corrected chi connectivity index (χ4v) is 3.09. The van der Waals surface area contributed by atoms with Crippen LogP contribution in [-0.2, 0) is 19.7 Å². The van der Waals surface area contributed by atoms with Crippen molar-refractivity contribution in [3.05, 3.63) is 12.2 Å². The molecule has 0 aromatic rings. The summed E-state index contributed by atoms with van der Waals surface area (Å²) in [7, 11) is -6.06. The maximum Gasteiger partial charge on any atom is 0.410 e. The standard InChI is InChI=1S/C12H16F2N2O5S/c13-12(14,22(19,20)21)11(18)16-4-3-15-10(17)9-6-7-1-2-8(9)5-7/h1-2,7-9H,3-6H2,(H,15,17)(H,16,18)(H,19,20,21)/p-1. The van der Waals surface area contributed by atoms with Gasteiger partial charge < -0.3 is 15.2 Å². The molecule has 0 radical (unpaired) electrons. The van der Waals surface area contributed by atoms with Crippen LogP contribution in [0, 0.1) is 17.8 Å². The number of hydrogen-bond donors (Lipinski definition) is 2. The van der Waals surface area contributed by atoms with Crippen LogP contribution in [0.25, 0.3) is 0 Å². The first kappa shape index (κ1) is 16.8. The number of amides is 2. The number of allylic oxidation sites excluding steroid dienone is 2. The Kier molecular flexibility index (Phi) is 4.52. The van der Waals surface area contributed by atoms with Crippen LogP contribution in [0.3, 0.4) is 0 Å². The topological polar surface area (TPSA) is 115 Å². The van der Waals surface area contributed by atoms with E-state index in [0.29, 0.717) is 5.92 Å². The number of alkyl halides is 2. The highest BCUT2D eigenvalue weighted by Crippen LogP contribution is 2.43. The molecule has 124 valence electrons. The van der Waals surface area contributed by atoms with Gasteiger partial charge in [0, 0.05) is 19.0 Å². The lowest BCUT2D eigenvalue weighted by molar-refractivity contribution is -0.136. The average molecular weight is 337 g/mol. The normalized spacial score (nSPS) is 27.0. The minimum absolute atomic E-state index is 0.128. The zero-order valence-electron chi connectivity index (χ0n) is 11.4. The fraction of sp³-hybridized carbons (Fsp3) is 0.667. The van der Waals surface area contributed by atoms with Gasteiger partial charge in [-0.3, -0.25) is 9.59 Å². The summed E-state index contributed by atoms with van der Waals surface area (Å²) in [6.07, 6.45) is 5.73. The summed E-state index contributed by atoms with van der Waals surface area (Å²) in [6, 6.07) is 0. The smallest absolute Gasteiger partial charge is 0.410 e. The minimum atomic E-state index is -6.06. The summed E-state index contributed by atoms with van der Waals surface area (Å²) in [6.45, 7) is -0.524. The van der Waals surface area contributed by atoms with E-state index in [9.17, 15) is 31.3 Å². The van der Waals surface area contributed by atoms with Gasteiger partial charge in [-0.2, -0.15) is 8.78 Å². The molecule has 2 N–H and O–H groups in total. The van der Waals surface area contributed by atoms with Gasteiger partial charge in [-0.05, 0) is 24.7 Å². The molecular weight excluding hydrogens is 322 g/mol. The summed E-state index contributed by atoms with van der Waals surface area (Å²) in [4.78, 5) is 22.8. The maximum absolute atomic E-state index is 12.9. The van der Waals surface area contributed by atoms with Gasteiger partial charge in [0.05, 0.1) is 0 Å². The van der Waals surface area contributed by atoms with E-state index >= 15 is 0 Å². The first-order chi connectivity index (χ1) is 10.1. The molecule has 1 fully saturated rings. The van der Waals surface area contributed by atoms with Crippen molar-refractivity contribution >= 4 is 21.9 Å². The molecule has 2 bridgehead atoms. The second kappa shape index (κ2) is 5.92. The minimum Gasteiger partial charge on any atom is -0.743 e. The Balaban J connectivity index is 1.72. The molecule has 3 atom stereocenters. The molecule has 2 aliphatic rings. The Morgan fingerprint density at radius 3 is 2.32 bits per heavy atom. The van der Waals surface area contributed by atoms with Gasteiger partial charge in [0.15, 0.2) is 10.1 Å². The lowest BCUT2D eigenvalue weighted by Gasteiger charge is -2.20. The molecule has 0 heterocycles. The zero-order chi connectivity index (χ0) is 16.5. The quantitative estimate of drug-likeness (QED) is 0.388. The van der Waals surface area contributed by atoms with Gasteiger partial charge in [-0.25, -0.2) is 8.42 Å². The van der Waals surface area contributed by atoms with Crippen LogP contribution in [0.4, 0.5) is 8.78 Å². The summed E-state index contributed by atoms with van der Waals surface area (Å²) in [5, 5.41) is -0.914. The van der Waals surface area contributed by atoms with Gasteiger partial charge in [-0.15, -0.1) is 0 Å². The summed E-state index contributed by atoms with van der Waals surface area (Å²) < 4.78 is 56.4. The first-order valence-electron chi connectivity index (χ1n) is 6.70. The summed E-state index contributed by atoms with van der Waals surface area (Å²) in [5.41, 5.74) is 0. The van der Waals surface area contributed by atoms with Gasteiger partial charge in [0.25, 0.3) is 0 Å². The van der Waals surface area contributed by atoms with Crippen molar-refractivity contribution in [2.75, 3.05) is 13.1 Å². The molecule has 2 aliphatic carbocycles. The number of rotatable bonds is 6. The molecule has 0 aliphatic heterocycles.